The van der Waals surface area contributed by atoms with Crippen molar-refractivity contribution >= 4 is 16.9 Å². The zero-order valence-corrected chi connectivity index (χ0v) is 12.7. The van der Waals surface area contributed by atoms with Gasteiger partial charge in [-0.1, -0.05) is 17.3 Å². The van der Waals surface area contributed by atoms with Crippen LogP contribution in [0, 0.1) is 0 Å². The van der Waals surface area contributed by atoms with E-state index >= 15 is 0 Å². The number of para-hydroxylation sites is 1. The van der Waals surface area contributed by atoms with Crippen molar-refractivity contribution in [3.05, 3.63) is 42.2 Å². The number of likely N-dealkylation sites (tertiary alicyclic amines) is 1. The lowest BCUT2D eigenvalue weighted by molar-refractivity contribution is -0.130. The van der Waals surface area contributed by atoms with Crippen LogP contribution in [-0.4, -0.2) is 49.1 Å². The van der Waals surface area contributed by atoms with Gasteiger partial charge < -0.3 is 4.90 Å². The van der Waals surface area contributed by atoms with Gasteiger partial charge in [0.1, 0.15) is 5.52 Å². The van der Waals surface area contributed by atoms with Crippen LogP contribution in [0.5, 0.6) is 0 Å². The Hall–Kier alpha value is -2.70. The molecule has 3 aromatic rings. The Bertz CT molecular complexity index is 809. The molecule has 7 heteroatoms. The third-order valence-corrected chi connectivity index (χ3v) is 4.46. The first-order valence-electron chi connectivity index (χ1n) is 7.86. The van der Waals surface area contributed by atoms with Crippen LogP contribution in [0.3, 0.4) is 0 Å². The predicted octanol–water partition coefficient (Wildman–Crippen LogP) is 1.56. The van der Waals surface area contributed by atoms with E-state index in [4.69, 9.17) is 0 Å². The number of rotatable bonds is 4. The first-order chi connectivity index (χ1) is 11.3. The largest absolute Gasteiger partial charge is 0.342 e. The molecule has 0 saturated carbocycles. The van der Waals surface area contributed by atoms with E-state index in [2.05, 4.69) is 20.5 Å². The van der Waals surface area contributed by atoms with E-state index in [-0.39, 0.29) is 5.91 Å². The molecule has 1 fully saturated rings. The zero-order chi connectivity index (χ0) is 15.6. The van der Waals surface area contributed by atoms with E-state index in [9.17, 15) is 4.79 Å². The maximum absolute atomic E-state index is 12.4. The summed E-state index contributed by atoms with van der Waals surface area (Å²) in [5.74, 6) is 0.542. The van der Waals surface area contributed by atoms with Gasteiger partial charge >= 0.3 is 0 Å². The van der Waals surface area contributed by atoms with E-state index in [1.807, 2.05) is 35.2 Å². The number of aromatic nitrogens is 5. The van der Waals surface area contributed by atoms with Gasteiger partial charge in [0.2, 0.25) is 5.91 Å². The molecule has 1 amide bonds. The van der Waals surface area contributed by atoms with E-state index in [1.165, 1.54) is 0 Å². The van der Waals surface area contributed by atoms with Gasteiger partial charge in [-0.25, -0.2) is 4.68 Å². The summed E-state index contributed by atoms with van der Waals surface area (Å²) in [4.78, 5) is 14.4. The minimum absolute atomic E-state index is 0.173. The molecule has 0 radical (unpaired) electrons. The quantitative estimate of drug-likeness (QED) is 0.793. The molecule has 2 aromatic heterocycles. The van der Waals surface area contributed by atoms with E-state index in [0.717, 1.165) is 36.2 Å². The van der Waals surface area contributed by atoms with E-state index < -0.39 is 0 Å². The Morgan fingerprint density at radius 3 is 3.09 bits per heavy atom. The topological polar surface area (TPSA) is 79.7 Å². The number of amides is 1. The van der Waals surface area contributed by atoms with E-state index in [0.29, 0.717) is 18.9 Å². The highest BCUT2D eigenvalue weighted by Crippen LogP contribution is 2.25. The summed E-state index contributed by atoms with van der Waals surface area (Å²) < 4.78 is 1.80. The van der Waals surface area contributed by atoms with Crippen LogP contribution >= 0.6 is 0 Å². The number of aryl methyl sites for hydroxylation is 1. The Kier molecular flexibility index (Phi) is 3.53. The van der Waals surface area contributed by atoms with Gasteiger partial charge in [0.15, 0.2) is 0 Å². The number of benzene rings is 1. The van der Waals surface area contributed by atoms with Crippen LogP contribution in [0.4, 0.5) is 0 Å². The van der Waals surface area contributed by atoms with Crippen molar-refractivity contribution < 1.29 is 4.79 Å². The number of H-pyrrole nitrogens is 1. The first-order valence-corrected chi connectivity index (χ1v) is 7.86. The lowest BCUT2D eigenvalue weighted by Crippen LogP contribution is -2.29. The molecule has 0 aliphatic carbocycles. The highest BCUT2D eigenvalue weighted by atomic mass is 16.2. The average Bonchev–Trinajstić information content (AvgIpc) is 3.31. The van der Waals surface area contributed by atoms with Crippen molar-refractivity contribution in [1.82, 2.24) is 30.1 Å². The van der Waals surface area contributed by atoms with Crippen LogP contribution < -0.4 is 0 Å². The van der Waals surface area contributed by atoms with Gasteiger partial charge in [0, 0.05) is 37.3 Å². The molecule has 1 saturated heterocycles. The van der Waals surface area contributed by atoms with Crippen LogP contribution in [-0.2, 0) is 11.3 Å². The molecule has 1 N–H and O–H groups in total. The Morgan fingerprint density at radius 2 is 2.22 bits per heavy atom. The fourth-order valence-corrected chi connectivity index (χ4v) is 3.18. The minimum Gasteiger partial charge on any atom is -0.342 e. The third-order valence-electron chi connectivity index (χ3n) is 4.46. The fourth-order valence-electron chi connectivity index (χ4n) is 3.18. The van der Waals surface area contributed by atoms with Crippen molar-refractivity contribution in [2.45, 2.75) is 25.3 Å². The Balaban J connectivity index is 1.37. The van der Waals surface area contributed by atoms with Crippen LogP contribution in [0.25, 0.3) is 11.0 Å². The van der Waals surface area contributed by atoms with Gasteiger partial charge in [0.05, 0.1) is 12.1 Å². The summed E-state index contributed by atoms with van der Waals surface area (Å²) in [6.45, 7) is 2.13. The van der Waals surface area contributed by atoms with Crippen molar-refractivity contribution in [3.8, 4) is 0 Å². The summed E-state index contributed by atoms with van der Waals surface area (Å²) in [6, 6.07) is 9.78. The van der Waals surface area contributed by atoms with Crippen LogP contribution in [0.15, 0.2) is 36.5 Å². The summed E-state index contributed by atoms with van der Waals surface area (Å²) >= 11 is 0. The fraction of sp³-hybridized carbons (Fsp3) is 0.375. The zero-order valence-electron chi connectivity index (χ0n) is 12.7. The van der Waals surface area contributed by atoms with Crippen molar-refractivity contribution in [2.75, 3.05) is 13.1 Å². The SMILES string of the molecule is O=C(CCn1nnc2ccccc21)N1CC[C@@H](c2ccn[nH]2)C1. The molecule has 23 heavy (non-hydrogen) atoms. The molecule has 1 aliphatic rings. The number of carbonyl (C=O) groups is 1. The third kappa shape index (κ3) is 2.69. The maximum Gasteiger partial charge on any atom is 0.224 e. The van der Waals surface area contributed by atoms with Gasteiger partial charge in [-0.2, -0.15) is 5.10 Å². The number of aromatic amines is 1. The molecular weight excluding hydrogens is 292 g/mol. The average molecular weight is 310 g/mol. The lowest BCUT2D eigenvalue weighted by atomic mass is 10.1. The molecule has 0 spiro atoms. The standard InChI is InChI=1S/C16H18N6O/c23-16(21-9-6-12(11-21)13-5-8-17-18-13)7-10-22-15-4-2-1-3-14(15)19-20-22/h1-5,8,12H,6-7,9-11H2,(H,17,18)/t12-/m1/s1. The molecule has 1 aliphatic heterocycles. The number of carbonyl (C=O) groups excluding carboxylic acids is 1. The van der Waals surface area contributed by atoms with Crippen LogP contribution in [0.1, 0.15) is 24.5 Å². The molecule has 0 unspecified atom stereocenters. The van der Waals surface area contributed by atoms with Gasteiger partial charge in [0.25, 0.3) is 0 Å². The minimum atomic E-state index is 0.173. The van der Waals surface area contributed by atoms with Crippen molar-refractivity contribution in [2.24, 2.45) is 0 Å². The molecule has 118 valence electrons. The number of nitrogens with one attached hydrogen (secondary N) is 1. The monoisotopic (exact) mass is 310 g/mol. The second-order valence-corrected chi connectivity index (χ2v) is 5.89. The second kappa shape index (κ2) is 5.83. The smallest absolute Gasteiger partial charge is 0.224 e. The number of nitrogens with zero attached hydrogens (tertiary/aromatic N) is 5. The number of fused-ring (bicyclic) bond motifs is 1. The Labute approximate surface area is 133 Å². The predicted molar refractivity (Wildman–Crippen MR) is 84.7 cm³/mol. The maximum atomic E-state index is 12.4. The second-order valence-electron chi connectivity index (χ2n) is 5.89. The van der Waals surface area contributed by atoms with Gasteiger partial charge in [-0.3, -0.25) is 9.89 Å². The van der Waals surface area contributed by atoms with E-state index in [1.54, 1.807) is 10.9 Å². The molecule has 4 rings (SSSR count). The first kappa shape index (κ1) is 13.9. The van der Waals surface area contributed by atoms with Crippen molar-refractivity contribution in [3.63, 3.8) is 0 Å². The highest BCUT2D eigenvalue weighted by Gasteiger charge is 2.27. The summed E-state index contributed by atoms with van der Waals surface area (Å²) in [6.07, 6.45) is 3.19. The molecule has 3 heterocycles. The normalized spacial score (nSPS) is 17.9. The summed E-state index contributed by atoms with van der Waals surface area (Å²) in [5.41, 5.74) is 2.94. The Morgan fingerprint density at radius 1 is 1.30 bits per heavy atom. The summed E-state index contributed by atoms with van der Waals surface area (Å²) in [5, 5.41) is 15.2. The highest BCUT2D eigenvalue weighted by molar-refractivity contribution is 5.77. The number of hydrogen-bond donors (Lipinski definition) is 1. The molecule has 7 nitrogen and oxygen atoms in total. The molecule has 0 bridgehead atoms. The molecule has 1 atom stereocenters. The van der Waals surface area contributed by atoms with Crippen molar-refractivity contribution in [1.29, 1.82) is 0 Å². The summed E-state index contributed by atoms with van der Waals surface area (Å²) in [7, 11) is 0. The number of hydrogen-bond acceptors (Lipinski definition) is 4. The van der Waals surface area contributed by atoms with Gasteiger partial charge in [-0.05, 0) is 24.6 Å². The lowest BCUT2D eigenvalue weighted by Gasteiger charge is -2.16. The molecule has 1 aromatic carbocycles. The van der Waals surface area contributed by atoms with Crippen LogP contribution in [0.2, 0.25) is 0 Å². The molecular formula is C16H18N6O. The van der Waals surface area contributed by atoms with Gasteiger partial charge in [-0.15, -0.1) is 5.10 Å².